The minimum atomic E-state index is -0.102. The van der Waals surface area contributed by atoms with Crippen LogP contribution in [0.3, 0.4) is 0 Å². The standard InChI is InChI=1S/C12H16N4OS/c1-3-10-12(18-16-15-10)11(14-13)8-5-4-6-9(7-8)17-2/h4-7,11,14H,3,13H2,1-2H3. The first-order chi connectivity index (χ1) is 8.80. The van der Waals surface area contributed by atoms with Gasteiger partial charge in [0.15, 0.2) is 0 Å². The largest absolute Gasteiger partial charge is 0.497 e. The summed E-state index contributed by atoms with van der Waals surface area (Å²) in [5.41, 5.74) is 4.84. The van der Waals surface area contributed by atoms with E-state index in [0.717, 1.165) is 28.3 Å². The Kier molecular flexibility index (Phi) is 4.24. The molecule has 5 nitrogen and oxygen atoms in total. The van der Waals surface area contributed by atoms with Gasteiger partial charge < -0.3 is 4.74 Å². The first-order valence-corrected chi connectivity index (χ1v) is 6.48. The molecule has 0 amide bonds. The van der Waals surface area contributed by atoms with Gasteiger partial charge >= 0.3 is 0 Å². The molecule has 2 rings (SSSR count). The van der Waals surface area contributed by atoms with Gasteiger partial charge in [0.05, 0.1) is 23.7 Å². The van der Waals surface area contributed by atoms with Crippen LogP contribution in [0.15, 0.2) is 24.3 Å². The molecule has 1 atom stereocenters. The monoisotopic (exact) mass is 264 g/mol. The molecular weight excluding hydrogens is 248 g/mol. The molecule has 0 fully saturated rings. The normalized spacial score (nSPS) is 12.4. The molecule has 0 saturated carbocycles. The van der Waals surface area contributed by atoms with Crippen molar-refractivity contribution in [3.8, 4) is 5.75 Å². The zero-order valence-corrected chi connectivity index (χ0v) is 11.2. The summed E-state index contributed by atoms with van der Waals surface area (Å²) >= 11 is 1.37. The second kappa shape index (κ2) is 5.90. The Bertz CT molecular complexity index is 514. The van der Waals surface area contributed by atoms with Crippen molar-refractivity contribution in [1.29, 1.82) is 0 Å². The van der Waals surface area contributed by atoms with Gasteiger partial charge in [-0.2, -0.15) is 0 Å². The molecule has 6 heteroatoms. The van der Waals surface area contributed by atoms with E-state index in [-0.39, 0.29) is 6.04 Å². The fourth-order valence-electron chi connectivity index (χ4n) is 1.82. The number of nitrogens with two attached hydrogens (primary N) is 1. The highest BCUT2D eigenvalue weighted by Crippen LogP contribution is 2.28. The molecule has 1 aromatic heterocycles. The van der Waals surface area contributed by atoms with Crippen molar-refractivity contribution in [3.05, 3.63) is 40.4 Å². The minimum Gasteiger partial charge on any atom is -0.497 e. The minimum absolute atomic E-state index is 0.102. The molecule has 18 heavy (non-hydrogen) atoms. The number of rotatable bonds is 5. The van der Waals surface area contributed by atoms with E-state index in [1.807, 2.05) is 24.3 Å². The lowest BCUT2D eigenvalue weighted by Crippen LogP contribution is -2.28. The lowest BCUT2D eigenvalue weighted by atomic mass is 10.0. The SMILES string of the molecule is CCc1nnsc1C(NN)c1cccc(OC)c1. The number of hydrazine groups is 1. The number of nitrogens with one attached hydrogen (secondary N) is 1. The first-order valence-electron chi connectivity index (χ1n) is 5.71. The van der Waals surface area contributed by atoms with Crippen LogP contribution in [0.1, 0.15) is 29.1 Å². The summed E-state index contributed by atoms with van der Waals surface area (Å²) in [6, 6.07) is 7.71. The maximum Gasteiger partial charge on any atom is 0.119 e. The first kappa shape index (κ1) is 12.9. The number of benzene rings is 1. The van der Waals surface area contributed by atoms with Crippen LogP contribution in [0, 0.1) is 0 Å². The second-order valence-corrected chi connectivity index (χ2v) is 4.60. The quantitative estimate of drug-likeness (QED) is 0.634. The Morgan fingerprint density at radius 3 is 3.00 bits per heavy atom. The lowest BCUT2D eigenvalue weighted by Gasteiger charge is -2.16. The fourth-order valence-corrected chi connectivity index (χ4v) is 2.65. The molecule has 1 aromatic carbocycles. The second-order valence-electron chi connectivity index (χ2n) is 3.81. The molecule has 3 N–H and O–H groups in total. The molecule has 0 bridgehead atoms. The Balaban J connectivity index is 2.38. The molecule has 0 aliphatic heterocycles. The molecule has 1 heterocycles. The van der Waals surface area contributed by atoms with Gasteiger partial charge in [-0.05, 0) is 35.6 Å². The third-order valence-electron chi connectivity index (χ3n) is 2.78. The van der Waals surface area contributed by atoms with Crippen LogP contribution in [-0.4, -0.2) is 16.7 Å². The van der Waals surface area contributed by atoms with Gasteiger partial charge in [0.2, 0.25) is 0 Å². The van der Waals surface area contributed by atoms with E-state index >= 15 is 0 Å². The predicted molar refractivity (Wildman–Crippen MR) is 71.4 cm³/mol. The van der Waals surface area contributed by atoms with Crippen LogP contribution in [0.2, 0.25) is 0 Å². The number of aryl methyl sites for hydroxylation is 1. The Morgan fingerprint density at radius 2 is 2.33 bits per heavy atom. The van der Waals surface area contributed by atoms with Gasteiger partial charge in [0, 0.05) is 0 Å². The maximum atomic E-state index is 5.67. The number of ether oxygens (including phenoxy) is 1. The molecule has 0 saturated heterocycles. The highest BCUT2D eigenvalue weighted by molar-refractivity contribution is 7.05. The topological polar surface area (TPSA) is 73.1 Å². The average Bonchev–Trinajstić information content (AvgIpc) is 2.88. The highest BCUT2D eigenvalue weighted by atomic mass is 32.1. The summed E-state index contributed by atoms with van der Waals surface area (Å²) in [6.45, 7) is 2.05. The average molecular weight is 264 g/mol. The van der Waals surface area contributed by atoms with E-state index in [1.165, 1.54) is 11.5 Å². The van der Waals surface area contributed by atoms with E-state index in [9.17, 15) is 0 Å². The summed E-state index contributed by atoms with van der Waals surface area (Å²) in [7, 11) is 1.65. The van der Waals surface area contributed by atoms with Gasteiger partial charge in [-0.25, -0.2) is 5.43 Å². The lowest BCUT2D eigenvalue weighted by molar-refractivity contribution is 0.413. The molecule has 96 valence electrons. The van der Waals surface area contributed by atoms with Crippen LogP contribution in [0.5, 0.6) is 5.75 Å². The van der Waals surface area contributed by atoms with Crippen molar-refractivity contribution in [2.45, 2.75) is 19.4 Å². The van der Waals surface area contributed by atoms with Gasteiger partial charge in [-0.1, -0.05) is 23.5 Å². The van der Waals surface area contributed by atoms with Gasteiger partial charge in [-0.15, -0.1) is 5.10 Å². The third-order valence-corrected chi connectivity index (χ3v) is 3.61. The molecule has 0 aliphatic carbocycles. The van der Waals surface area contributed by atoms with Crippen molar-refractivity contribution >= 4 is 11.5 Å². The predicted octanol–water partition coefficient (Wildman–Crippen LogP) is 1.66. The van der Waals surface area contributed by atoms with Crippen molar-refractivity contribution in [3.63, 3.8) is 0 Å². The summed E-state index contributed by atoms with van der Waals surface area (Å²) in [5.74, 6) is 6.48. The molecule has 0 radical (unpaired) electrons. The molecule has 1 unspecified atom stereocenters. The fraction of sp³-hybridized carbons (Fsp3) is 0.333. The number of methoxy groups -OCH3 is 1. The summed E-state index contributed by atoms with van der Waals surface area (Å²) in [5, 5.41) is 4.11. The van der Waals surface area contributed by atoms with E-state index in [1.54, 1.807) is 7.11 Å². The van der Waals surface area contributed by atoms with Crippen LogP contribution < -0.4 is 16.0 Å². The Hall–Kier alpha value is -1.50. The number of hydrogen-bond donors (Lipinski definition) is 2. The van der Waals surface area contributed by atoms with E-state index < -0.39 is 0 Å². The number of hydrogen-bond acceptors (Lipinski definition) is 6. The van der Waals surface area contributed by atoms with Gasteiger partial charge in [0.25, 0.3) is 0 Å². The van der Waals surface area contributed by atoms with Crippen molar-refractivity contribution in [2.24, 2.45) is 5.84 Å². The number of nitrogens with zero attached hydrogens (tertiary/aromatic N) is 2. The Labute approximate surface area is 110 Å². The molecular formula is C12H16N4OS. The van der Waals surface area contributed by atoms with Crippen LogP contribution >= 0.6 is 11.5 Å². The molecule has 2 aromatic rings. The van der Waals surface area contributed by atoms with Gasteiger partial charge in [0.1, 0.15) is 5.75 Å². The van der Waals surface area contributed by atoms with E-state index in [4.69, 9.17) is 10.6 Å². The molecule has 0 aliphatic rings. The zero-order valence-electron chi connectivity index (χ0n) is 10.4. The molecule has 0 spiro atoms. The van der Waals surface area contributed by atoms with Gasteiger partial charge in [-0.3, -0.25) is 5.84 Å². The third kappa shape index (κ3) is 2.50. The smallest absolute Gasteiger partial charge is 0.119 e. The van der Waals surface area contributed by atoms with Crippen LogP contribution in [0.4, 0.5) is 0 Å². The number of aromatic nitrogens is 2. The van der Waals surface area contributed by atoms with Crippen molar-refractivity contribution in [2.75, 3.05) is 7.11 Å². The van der Waals surface area contributed by atoms with Crippen LogP contribution in [0.25, 0.3) is 0 Å². The van der Waals surface area contributed by atoms with Crippen molar-refractivity contribution in [1.82, 2.24) is 15.0 Å². The van der Waals surface area contributed by atoms with Crippen molar-refractivity contribution < 1.29 is 4.74 Å². The summed E-state index contributed by atoms with van der Waals surface area (Å²) < 4.78 is 9.22. The summed E-state index contributed by atoms with van der Waals surface area (Å²) in [4.78, 5) is 1.05. The zero-order chi connectivity index (χ0) is 13.0. The van der Waals surface area contributed by atoms with Crippen LogP contribution in [-0.2, 0) is 6.42 Å². The maximum absolute atomic E-state index is 5.67. The van der Waals surface area contributed by atoms with E-state index in [2.05, 4.69) is 21.9 Å². The Morgan fingerprint density at radius 1 is 1.50 bits per heavy atom. The van der Waals surface area contributed by atoms with E-state index in [0.29, 0.717) is 0 Å². The highest BCUT2D eigenvalue weighted by Gasteiger charge is 2.19. The summed E-state index contributed by atoms with van der Waals surface area (Å²) in [6.07, 6.45) is 0.841.